The third kappa shape index (κ3) is 1.35. The molecule has 0 amide bonds. The molecule has 2 heterocycles. The van der Waals surface area contributed by atoms with Gasteiger partial charge in [0.25, 0.3) is 0 Å². The van der Waals surface area contributed by atoms with Crippen LogP contribution < -0.4 is 5.46 Å². The second kappa shape index (κ2) is 3.33. The van der Waals surface area contributed by atoms with Crippen molar-refractivity contribution < 1.29 is 1.37 Å². The summed E-state index contributed by atoms with van der Waals surface area (Å²) in [5.41, 5.74) is 2.22. The Morgan fingerprint density at radius 3 is 2.71 bits per heavy atom. The fourth-order valence-corrected chi connectivity index (χ4v) is 1.54. The molecule has 14 heavy (non-hydrogen) atoms. The van der Waals surface area contributed by atoms with Crippen molar-refractivity contribution in [3.8, 4) is 5.82 Å². The van der Waals surface area contributed by atoms with Crippen LogP contribution in [0.5, 0.6) is 0 Å². The number of hydrogen-bond acceptors (Lipinski definition) is 1. The van der Waals surface area contributed by atoms with E-state index >= 15 is 0 Å². The highest BCUT2D eigenvalue weighted by Gasteiger charge is 2.06. The van der Waals surface area contributed by atoms with E-state index in [2.05, 4.69) is 4.98 Å². The smallest absolute Gasteiger partial charge is 0.136 e. The number of nitrogens with zero attached hydrogens (tertiary/aromatic N) is 2. The summed E-state index contributed by atoms with van der Waals surface area (Å²) in [6, 6.07) is 6.07. The highest BCUT2D eigenvalue weighted by atomic mass is 15.1. The van der Waals surface area contributed by atoms with Crippen LogP contribution in [0.15, 0.2) is 30.4 Å². The Balaban J connectivity index is 2.69. The lowest BCUT2D eigenvalue weighted by molar-refractivity contribution is 0.925. The average molecular weight is 183 g/mol. The Morgan fingerprint density at radius 1 is 1.43 bits per heavy atom. The molecule has 0 bridgehead atoms. The van der Waals surface area contributed by atoms with E-state index in [0.717, 1.165) is 17.2 Å². The molecule has 0 aliphatic carbocycles. The number of aromatic nitrogens is 2. The summed E-state index contributed by atoms with van der Waals surface area (Å²) < 4.78 is 9.68. The third-order valence-corrected chi connectivity index (χ3v) is 2.25. The van der Waals surface area contributed by atoms with Gasteiger partial charge in [0.2, 0.25) is 0 Å². The molecule has 0 aliphatic heterocycles. The van der Waals surface area contributed by atoms with Crippen molar-refractivity contribution >= 4 is 13.3 Å². The van der Waals surface area contributed by atoms with Crippen molar-refractivity contribution in [3.05, 3.63) is 41.8 Å². The van der Waals surface area contributed by atoms with Crippen LogP contribution in [0.1, 0.15) is 12.8 Å². The van der Waals surface area contributed by atoms with Crippen molar-refractivity contribution in [1.82, 2.24) is 9.55 Å². The van der Waals surface area contributed by atoms with Crippen LogP contribution in [-0.2, 0) is 0 Å². The zero-order chi connectivity index (χ0) is 11.0. The van der Waals surface area contributed by atoms with Gasteiger partial charge in [0, 0.05) is 17.6 Å². The van der Waals surface area contributed by atoms with Crippen LogP contribution in [0.2, 0.25) is 0 Å². The van der Waals surface area contributed by atoms with Crippen LogP contribution in [-0.4, -0.2) is 17.4 Å². The Morgan fingerprint density at radius 2 is 2.21 bits per heavy atom. The van der Waals surface area contributed by atoms with Gasteiger partial charge in [-0.2, -0.15) is 0 Å². The van der Waals surface area contributed by atoms with Crippen LogP contribution >= 0.6 is 0 Å². The molecule has 0 aromatic carbocycles. The molecule has 3 heteroatoms. The van der Waals surface area contributed by atoms with Gasteiger partial charge in [-0.1, -0.05) is 11.5 Å². The maximum absolute atomic E-state index is 7.78. The van der Waals surface area contributed by atoms with Gasteiger partial charge in [-0.25, -0.2) is 4.98 Å². The molecule has 0 atom stereocenters. The van der Waals surface area contributed by atoms with Crippen LogP contribution in [0, 0.1) is 13.8 Å². The Labute approximate surface area is 86.4 Å². The fraction of sp³-hybridized carbons (Fsp3) is 0.182. The average Bonchev–Trinajstić information content (AvgIpc) is 2.45. The molecular weight excluding hydrogens is 171 g/mol. The van der Waals surface area contributed by atoms with Gasteiger partial charge in [0.15, 0.2) is 0 Å². The molecule has 2 radical (unpaired) electrons. The van der Waals surface area contributed by atoms with Gasteiger partial charge in [-0.15, -0.1) is 0 Å². The molecule has 0 aliphatic rings. The van der Waals surface area contributed by atoms with Gasteiger partial charge in [0.1, 0.15) is 13.7 Å². The van der Waals surface area contributed by atoms with Gasteiger partial charge < -0.3 is 4.57 Å². The lowest BCUT2D eigenvalue weighted by Crippen LogP contribution is -2.07. The second-order valence-corrected chi connectivity index (χ2v) is 3.23. The predicted octanol–water partition coefficient (Wildman–Crippen LogP) is 1.28. The van der Waals surface area contributed by atoms with Gasteiger partial charge >= 0.3 is 0 Å². The van der Waals surface area contributed by atoms with Crippen molar-refractivity contribution in [2.45, 2.75) is 13.8 Å². The lowest BCUT2D eigenvalue weighted by atomic mass is 9.97. The zero-order valence-electron chi connectivity index (χ0n) is 9.28. The molecule has 2 aromatic heterocycles. The molecule has 2 rings (SSSR count). The number of pyridine rings is 1. The van der Waals surface area contributed by atoms with Gasteiger partial charge in [-0.3, -0.25) is 0 Å². The van der Waals surface area contributed by atoms with Crippen LogP contribution in [0.4, 0.5) is 0 Å². The lowest BCUT2D eigenvalue weighted by Gasteiger charge is -2.07. The predicted molar refractivity (Wildman–Crippen MR) is 58.4 cm³/mol. The normalized spacial score (nSPS) is 11.4. The fourth-order valence-electron chi connectivity index (χ4n) is 1.54. The van der Waals surface area contributed by atoms with E-state index in [9.17, 15) is 0 Å². The van der Waals surface area contributed by atoms with Crippen molar-refractivity contribution in [3.63, 3.8) is 0 Å². The molecule has 0 spiro atoms. The summed E-state index contributed by atoms with van der Waals surface area (Å²) in [7, 11) is 5.80. The molecule has 2 aromatic rings. The quantitative estimate of drug-likeness (QED) is 0.609. The summed E-state index contributed by atoms with van der Waals surface area (Å²) in [5.74, 6) is 0.803. The minimum atomic E-state index is 0.387. The topological polar surface area (TPSA) is 17.8 Å². The van der Waals surface area contributed by atoms with E-state index in [1.54, 1.807) is 6.20 Å². The zero-order valence-corrected chi connectivity index (χ0v) is 8.28. The first kappa shape index (κ1) is 7.86. The largest absolute Gasteiger partial charge is 0.304 e. The van der Waals surface area contributed by atoms with Crippen molar-refractivity contribution in [1.29, 1.82) is 0 Å². The Hall–Kier alpha value is -1.51. The van der Waals surface area contributed by atoms with Crippen LogP contribution in [0.25, 0.3) is 5.82 Å². The first-order chi connectivity index (χ1) is 7.13. The number of rotatable bonds is 1. The monoisotopic (exact) mass is 183 g/mol. The van der Waals surface area contributed by atoms with Gasteiger partial charge in [0.05, 0.1) is 1.37 Å². The minimum absolute atomic E-state index is 0.387. The van der Waals surface area contributed by atoms with E-state index in [1.807, 2.05) is 36.6 Å². The molecule has 2 nitrogen and oxygen atoms in total. The highest BCUT2D eigenvalue weighted by Crippen LogP contribution is 2.11. The molecule has 68 valence electrons. The van der Waals surface area contributed by atoms with E-state index in [4.69, 9.17) is 9.22 Å². The summed E-state index contributed by atoms with van der Waals surface area (Å²) in [4.78, 5) is 4.25. The maximum atomic E-state index is 7.78. The standard InChI is InChI=1S/C11H11BN2/c1-8-7-10(12)9(2)14(8)11-5-3-4-6-13-11/h3-7H,1-2H3/i7D. The molecular formula is C11H11BN2. The summed E-state index contributed by atoms with van der Waals surface area (Å²) in [5, 5.41) is 0. The van der Waals surface area contributed by atoms with Gasteiger partial charge in [-0.05, 0) is 32.0 Å². The molecule has 0 N–H and O–H groups in total. The SMILES string of the molecule is [2H]c1c([B])c(C)n(-c2ccccn2)c1C. The molecule has 0 unspecified atom stereocenters. The van der Waals surface area contributed by atoms with E-state index < -0.39 is 0 Å². The summed E-state index contributed by atoms with van der Waals surface area (Å²) >= 11 is 0. The van der Waals surface area contributed by atoms with E-state index in [-0.39, 0.29) is 0 Å². The van der Waals surface area contributed by atoms with Crippen molar-refractivity contribution in [2.75, 3.05) is 0 Å². The summed E-state index contributed by atoms with van der Waals surface area (Å²) in [6.07, 6.45) is 1.73. The maximum Gasteiger partial charge on any atom is 0.136 e. The molecule has 0 saturated heterocycles. The highest BCUT2D eigenvalue weighted by molar-refractivity contribution is 6.33. The second-order valence-electron chi connectivity index (χ2n) is 3.23. The molecule has 0 saturated carbocycles. The molecule has 0 fully saturated rings. The third-order valence-electron chi connectivity index (χ3n) is 2.25. The van der Waals surface area contributed by atoms with Crippen molar-refractivity contribution in [2.24, 2.45) is 0 Å². The van der Waals surface area contributed by atoms with Crippen LogP contribution in [0.3, 0.4) is 0 Å². The first-order valence-electron chi connectivity index (χ1n) is 4.98. The van der Waals surface area contributed by atoms with E-state index in [1.165, 1.54) is 0 Å². The first-order valence-corrected chi connectivity index (χ1v) is 4.48. The Bertz CT molecular complexity index is 466. The van der Waals surface area contributed by atoms with E-state index in [0.29, 0.717) is 11.5 Å². The minimum Gasteiger partial charge on any atom is -0.304 e. The Kier molecular flexibility index (Phi) is 1.87. The summed E-state index contributed by atoms with van der Waals surface area (Å²) in [6.45, 7) is 3.77. The number of hydrogen-bond donors (Lipinski definition) is 0.